The standard InChI is InChI=1S/C19H20N2O3/c22-18(21-12-6-7-14(13-21)19(23)24)16-10-4-5-11-17(16)20-15-8-2-1-3-9-15/h1-5,8-11,14,20H,6-7,12-13H2,(H,23,24). The third-order valence-electron chi connectivity index (χ3n) is 4.27. The number of carbonyl (C=O) groups excluding carboxylic acids is 1. The number of para-hydroxylation sites is 2. The van der Waals surface area contributed by atoms with Gasteiger partial charge in [0.25, 0.3) is 5.91 Å². The fourth-order valence-electron chi connectivity index (χ4n) is 2.99. The minimum atomic E-state index is -0.830. The minimum Gasteiger partial charge on any atom is -0.481 e. The molecule has 0 aliphatic carbocycles. The van der Waals surface area contributed by atoms with Crippen LogP contribution in [0, 0.1) is 5.92 Å². The van der Waals surface area contributed by atoms with Crippen LogP contribution in [0.25, 0.3) is 0 Å². The zero-order chi connectivity index (χ0) is 16.9. The molecule has 1 heterocycles. The van der Waals surface area contributed by atoms with Gasteiger partial charge in [-0.2, -0.15) is 0 Å². The number of hydrogen-bond donors (Lipinski definition) is 2. The van der Waals surface area contributed by atoms with E-state index in [0.717, 1.165) is 17.8 Å². The molecule has 1 unspecified atom stereocenters. The van der Waals surface area contributed by atoms with Crippen molar-refractivity contribution in [1.29, 1.82) is 0 Å². The van der Waals surface area contributed by atoms with Crippen molar-refractivity contribution in [3.63, 3.8) is 0 Å². The SMILES string of the molecule is O=C(O)C1CCCN(C(=O)c2ccccc2Nc2ccccc2)C1. The van der Waals surface area contributed by atoms with Gasteiger partial charge in [0.2, 0.25) is 0 Å². The second-order valence-electron chi connectivity index (χ2n) is 5.97. The van der Waals surface area contributed by atoms with E-state index in [1.165, 1.54) is 0 Å². The molecule has 124 valence electrons. The third kappa shape index (κ3) is 3.56. The van der Waals surface area contributed by atoms with Gasteiger partial charge in [-0.1, -0.05) is 30.3 Å². The van der Waals surface area contributed by atoms with E-state index in [9.17, 15) is 14.7 Å². The number of hydrogen-bond acceptors (Lipinski definition) is 3. The monoisotopic (exact) mass is 324 g/mol. The Bertz CT molecular complexity index is 730. The van der Waals surface area contributed by atoms with Gasteiger partial charge >= 0.3 is 5.97 Å². The molecular formula is C19H20N2O3. The van der Waals surface area contributed by atoms with Gasteiger partial charge < -0.3 is 15.3 Å². The number of nitrogens with zero attached hydrogens (tertiary/aromatic N) is 1. The number of amides is 1. The maximum absolute atomic E-state index is 12.9. The molecule has 1 saturated heterocycles. The minimum absolute atomic E-state index is 0.125. The first-order chi connectivity index (χ1) is 11.6. The Hall–Kier alpha value is -2.82. The van der Waals surface area contributed by atoms with E-state index >= 15 is 0 Å². The Kier molecular flexibility index (Phi) is 4.79. The lowest BCUT2D eigenvalue weighted by Crippen LogP contribution is -2.42. The average molecular weight is 324 g/mol. The second-order valence-corrected chi connectivity index (χ2v) is 5.97. The number of benzene rings is 2. The summed E-state index contributed by atoms with van der Waals surface area (Å²) in [6.07, 6.45) is 1.35. The Morgan fingerprint density at radius 3 is 2.50 bits per heavy atom. The summed E-state index contributed by atoms with van der Waals surface area (Å²) < 4.78 is 0. The highest BCUT2D eigenvalue weighted by Gasteiger charge is 2.29. The van der Waals surface area contributed by atoms with Crippen LogP contribution in [0.5, 0.6) is 0 Å². The molecule has 0 bridgehead atoms. The maximum Gasteiger partial charge on any atom is 0.308 e. The van der Waals surface area contributed by atoms with Crippen LogP contribution in [0.15, 0.2) is 54.6 Å². The molecule has 1 fully saturated rings. The smallest absolute Gasteiger partial charge is 0.308 e. The molecule has 0 radical (unpaired) electrons. The number of aliphatic carboxylic acids is 1. The first-order valence-corrected chi connectivity index (χ1v) is 8.08. The summed E-state index contributed by atoms with van der Waals surface area (Å²) in [5.41, 5.74) is 2.19. The summed E-state index contributed by atoms with van der Waals surface area (Å²) in [4.78, 5) is 25.7. The van der Waals surface area contributed by atoms with Gasteiger partial charge in [-0.25, -0.2) is 0 Å². The topological polar surface area (TPSA) is 69.6 Å². The molecule has 3 rings (SSSR count). The van der Waals surface area contributed by atoms with Crippen LogP contribution in [0.1, 0.15) is 23.2 Å². The molecule has 1 amide bonds. The Morgan fingerprint density at radius 1 is 1.04 bits per heavy atom. The fraction of sp³-hybridized carbons (Fsp3) is 0.263. The highest BCUT2D eigenvalue weighted by Crippen LogP contribution is 2.24. The van der Waals surface area contributed by atoms with Crippen LogP contribution in [0.3, 0.4) is 0 Å². The lowest BCUT2D eigenvalue weighted by atomic mass is 9.97. The first kappa shape index (κ1) is 16.1. The summed E-state index contributed by atoms with van der Waals surface area (Å²) in [6, 6.07) is 17.0. The van der Waals surface area contributed by atoms with E-state index in [1.807, 2.05) is 48.5 Å². The fourth-order valence-corrected chi connectivity index (χ4v) is 2.99. The lowest BCUT2D eigenvalue weighted by molar-refractivity contribution is -0.143. The number of anilines is 2. The van der Waals surface area contributed by atoms with Crippen LogP contribution in [0.2, 0.25) is 0 Å². The summed E-state index contributed by atoms with van der Waals surface area (Å²) in [7, 11) is 0. The molecule has 24 heavy (non-hydrogen) atoms. The van der Waals surface area contributed by atoms with Gasteiger partial charge in [0.15, 0.2) is 0 Å². The normalized spacial score (nSPS) is 17.3. The van der Waals surface area contributed by atoms with Crippen molar-refractivity contribution in [2.75, 3.05) is 18.4 Å². The molecule has 0 spiro atoms. The highest BCUT2D eigenvalue weighted by atomic mass is 16.4. The molecule has 0 aromatic heterocycles. The van der Waals surface area contributed by atoms with Crippen molar-refractivity contribution < 1.29 is 14.7 Å². The molecule has 2 N–H and O–H groups in total. The van der Waals surface area contributed by atoms with Crippen molar-refractivity contribution in [3.05, 3.63) is 60.2 Å². The molecule has 2 aromatic rings. The van der Waals surface area contributed by atoms with Crippen LogP contribution < -0.4 is 5.32 Å². The molecule has 5 heteroatoms. The van der Waals surface area contributed by atoms with E-state index in [1.54, 1.807) is 11.0 Å². The van der Waals surface area contributed by atoms with Gasteiger partial charge in [-0.05, 0) is 37.1 Å². The van der Waals surface area contributed by atoms with Gasteiger partial charge in [0.1, 0.15) is 0 Å². The van der Waals surface area contributed by atoms with E-state index in [-0.39, 0.29) is 12.5 Å². The lowest BCUT2D eigenvalue weighted by Gasteiger charge is -2.31. The number of rotatable bonds is 4. The van der Waals surface area contributed by atoms with E-state index in [4.69, 9.17) is 0 Å². The maximum atomic E-state index is 12.9. The molecule has 5 nitrogen and oxygen atoms in total. The van der Waals surface area contributed by atoms with E-state index < -0.39 is 11.9 Å². The number of nitrogens with one attached hydrogen (secondary N) is 1. The predicted octanol–water partition coefficient (Wildman–Crippen LogP) is 3.37. The third-order valence-corrected chi connectivity index (χ3v) is 4.27. The second kappa shape index (κ2) is 7.17. The summed E-state index contributed by atoms with van der Waals surface area (Å²) in [5.74, 6) is -1.43. The van der Waals surface area contributed by atoms with Gasteiger partial charge in [-0.15, -0.1) is 0 Å². The van der Waals surface area contributed by atoms with Gasteiger partial charge in [0.05, 0.1) is 17.2 Å². The quantitative estimate of drug-likeness (QED) is 0.905. The zero-order valence-corrected chi connectivity index (χ0v) is 13.3. The summed E-state index contributed by atoms with van der Waals surface area (Å²) in [6.45, 7) is 0.871. The van der Waals surface area contributed by atoms with Crippen LogP contribution >= 0.6 is 0 Å². The van der Waals surface area contributed by atoms with Crippen molar-refractivity contribution in [3.8, 4) is 0 Å². The molecule has 0 saturated carbocycles. The molecule has 2 aromatic carbocycles. The van der Waals surface area contributed by atoms with Crippen molar-refractivity contribution >= 4 is 23.3 Å². The molecule has 1 aliphatic rings. The van der Waals surface area contributed by atoms with Crippen molar-refractivity contribution in [2.24, 2.45) is 5.92 Å². The van der Waals surface area contributed by atoms with Crippen molar-refractivity contribution in [1.82, 2.24) is 4.90 Å². The van der Waals surface area contributed by atoms with E-state index in [0.29, 0.717) is 18.5 Å². The summed E-state index contributed by atoms with van der Waals surface area (Å²) in [5, 5.41) is 12.5. The zero-order valence-electron chi connectivity index (χ0n) is 13.3. The summed E-state index contributed by atoms with van der Waals surface area (Å²) >= 11 is 0. The number of carboxylic acid groups (broad SMARTS) is 1. The van der Waals surface area contributed by atoms with Crippen LogP contribution in [-0.2, 0) is 4.79 Å². The Morgan fingerprint density at radius 2 is 1.75 bits per heavy atom. The highest BCUT2D eigenvalue weighted by molar-refractivity contribution is 6.00. The first-order valence-electron chi connectivity index (χ1n) is 8.08. The molecule has 1 atom stereocenters. The Labute approximate surface area is 140 Å². The number of carboxylic acids is 1. The van der Waals surface area contributed by atoms with E-state index in [2.05, 4.69) is 5.32 Å². The van der Waals surface area contributed by atoms with Crippen molar-refractivity contribution in [2.45, 2.75) is 12.8 Å². The number of likely N-dealkylation sites (tertiary alicyclic amines) is 1. The predicted molar refractivity (Wildman–Crippen MR) is 92.4 cm³/mol. The van der Waals surface area contributed by atoms with Crippen LogP contribution in [-0.4, -0.2) is 35.0 Å². The molecular weight excluding hydrogens is 304 g/mol. The van der Waals surface area contributed by atoms with Gasteiger partial charge in [-0.3, -0.25) is 9.59 Å². The number of carbonyl (C=O) groups is 2. The largest absolute Gasteiger partial charge is 0.481 e. The Balaban J connectivity index is 1.81. The average Bonchev–Trinajstić information content (AvgIpc) is 2.62. The van der Waals surface area contributed by atoms with Crippen LogP contribution in [0.4, 0.5) is 11.4 Å². The van der Waals surface area contributed by atoms with Gasteiger partial charge in [0, 0.05) is 18.8 Å². The number of piperidine rings is 1. The molecule has 1 aliphatic heterocycles.